The van der Waals surface area contributed by atoms with E-state index in [2.05, 4.69) is 24.4 Å². The molecule has 0 aliphatic heterocycles. The Morgan fingerprint density at radius 2 is 1.50 bits per heavy atom. The minimum atomic E-state index is -3.85. The average Bonchev–Trinajstić information content (AvgIpc) is 3.05. The van der Waals surface area contributed by atoms with Gasteiger partial charge in [-0.1, -0.05) is 85.6 Å². The minimum Gasteiger partial charge on any atom is -0.354 e. The van der Waals surface area contributed by atoms with Crippen LogP contribution in [0, 0.1) is 17.8 Å². The molecule has 1 atom stereocenters. The lowest BCUT2D eigenvalue weighted by Crippen LogP contribution is -2.53. The zero-order valence-corrected chi connectivity index (χ0v) is 29.7. The number of sulfonamides is 1. The van der Waals surface area contributed by atoms with Crippen LogP contribution in [0.3, 0.4) is 0 Å². The van der Waals surface area contributed by atoms with Crippen LogP contribution in [-0.2, 0) is 38.0 Å². The second kappa shape index (κ2) is 14.6. The van der Waals surface area contributed by atoms with Crippen LogP contribution >= 0.6 is 11.6 Å². The lowest BCUT2D eigenvalue weighted by atomic mass is 9.48. The zero-order valence-electron chi connectivity index (χ0n) is 28.1. The summed E-state index contributed by atoms with van der Waals surface area (Å²) >= 11 is 6.58. The summed E-state index contributed by atoms with van der Waals surface area (Å²) in [6.07, 6.45) is 10.8. The molecule has 4 fully saturated rings. The Kier molecular flexibility index (Phi) is 10.5. The van der Waals surface area contributed by atoms with Crippen molar-refractivity contribution in [3.8, 4) is 0 Å². The molecule has 4 bridgehead atoms. The Balaban J connectivity index is 1.30. The maximum absolute atomic E-state index is 14.4. The number of hydrogen-bond acceptors (Lipinski definition) is 4. The number of nitrogens with one attached hydrogen (secondary N) is 1. The van der Waals surface area contributed by atoms with Crippen molar-refractivity contribution >= 4 is 39.1 Å². The monoisotopic (exact) mass is 689 g/mol. The van der Waals surface area contributed by atoms with E-state index >= 15 is 0 Å². The van der Waals surface area contributed by atoms with E-state index in [0.29, 0.717) is 22.8 Å². The molecule has 7 nitrogen and oxygen atoms in total. The Morgan fingerprint density at radius 3 is 2.08 bits per heavy atom. The summed E-state index contributed by atoms with van der Waals surface area (Å²) in [4.78, 5) is 29.8. The van der Waals surface area contributed by atoms with Gasteiger partial charge in [-0.05, 0) is 103 Å². The van der Waals surface area contributed by atoms with Crippen molar-refractivity contribution in [3.63, 3.8) is 0 Å². The molecule has 4 saturated carbocycles. The van der Waals surface area contributed by atoms with Gasteiger partial charge in [0, 0.05) is 24.5 Å². The van der Waals surface area contributed by atoms with E-state index in [0.717, 1.165) is 42.4 Å². The van der Waals surface area contributed by atoms with Crippen molar-refractivity contribution in [1.29, 1.82) is 0 Å². The first-order valence-corrected chi connectivity index (χ1v) is 19.7. The average molecular weight is 690 g/mol. The molecular weight excluding hydrogens is 642 g/mol. The van der Waals surface area contributed by atoms with E-state index in [9.17, 15) is 18.0 Å². The molecule has 0 saturated heterocycles. The molecule has 0 unspecified atom stereocenters. The fraction of sp³-hybridized carbons (Fsp3) is 0.487. The van der Waals surface area contributed by atoms with Gasteiger partial charge in [-0.25, -0.2) is 8.42 Å². The molecule has 48 heavy (non-hydrogen) atoms. The smallest absolute Gasteiger partial charge is 0.244 e. The topological polar surface area (TPSA) is 86.8 Å². The number of unbranched alkanes of at least 4 members (excludes halogenated alkanes) is 1. The van der Waals surface area contributed by atoms with E-state index in [4.69, 9.17) is 11.6 Å². The fourth-order valence-electron chi connectivity index (χ4n) is 8.93. The molecule has 4 aliphatic rings. The SMILES string of the molecule is CCCCNC(=O)[C@H](Cc1ccccc1)N(Cc1ccccc1Cl)C(=O)CN(c1ccc(C23CC4CC(CC(C4)C2)C3)cc1)S(C)(=O)=O. The van der Waals surface area contributed by atoms with E-state index in [-0.39, 0.29) is 24.3 Å². The Bertz CT molecular complexity index is 1660. The largest absolute Gasteiger partial charge is 0.354 e. The van der Waals surface area contributed by atoms with Gasteiger partial charge in [-0.3, -0.25) is 13.9 Å². The number of carbonyl (C=O) groups is 2. The highest BCUT2D eigenvalue weighted by atomic mass is 35.5. The summed E-state index contributed by atoms with van der Waals surface area (Å²) < 4.78 is 27.8. The molecule has 3 aromatic carbocycles. The highest BCUT2D eigenvalue weighted by Gasteiger charge is 2.51. The number of halogens is 1. The van der Waals surface area contributed by atoms with Crippen LogP contribution in [0.4, 0.5) is 5.69 Å². The molecule has 9 heteroatoms. The predicted octanol–water partition coefficient (Wildman–Crippen LogP) is 7.13. The molecule has 7 rings (SSSR count). The van der Waals surface area contributed by atoms with Crippen LogP contribution in [0.15, 0.2) is 78.9 Å². The normalized spacial score (nSPS) is 23.4. The quantitative estimate of drug-likeness (QED) is 0.183. The number of nitrogens with zero attached hydrogens (tertiary/aromatic N) is 2. The molecule has 2 amide bonds. The van der Waals surface area contributed by atoms with E-state index < -0.39 is 28.5 Å². The highest BCUT2D eigenvalue weighted by molar-refractivity contribution is 7.92. The van der Waals surface area contributed by atoms with Crippen molar-refractivity contribution in [1.82, 2.24) is 10.2 Å². The number of anilines is 1. The lowest BCUT2D eigenvalue weighted by molar-refractivity contribution is -0.140. The number of benzene rings is 3. The number of amides is 2. The molecule has 0 spiro atoms. The molecule has 256 valence electrons. The fourth-order valence-corrected chi connectivity index (χ4v) is 9.97. The van der Waals surface area contributed by atoms with Gasteiger partial charge in [0.05, 0.1) is 11.9 Å². The lowest BCUT2D eigenvalue weighted by Gasteiger charge is -2.57. The van der Waals surface area contributed by atoms with Gasteiger partial charge in [0.1, 0.15) is 12.6 Å². The van der Waals surface area contributed by atoms with Crippen molar-refractivity contribution < 1.29 is 18.0 Å². The molecule has 1 N–H and O–H groups in total. The van der Waals surface area contributed by atoms with Crippen molar-refractivity contribution in [2.75, 3.05) is 23.7 Å². The summed E-state index contributed by atoms with van der Waals surface area (Å²) in [7, 11) is -3.85. The van der Waals surface area contributed by atoms with Crippen molar-refractivity contribution in [2.24, 2.45) is 17.8 Å². The highest BCUT2D eigenvalue weighted by Crippen LogP contribution is 2.60. The van der Waals surface area contributed by atoms with Gasteiger partial charge in [-0.15, -0.1) is 0 Å². The maximum Gasteiger partial charge on any atom is 0.244 e. The molecular formula is C39H48ClN3O4S. The molecule has 0 radical (unpaired) electrons. The third-order valence-electron chi connectivity index (χ3n) is 10.9. The summed E-state index contributed by atoms with van der Waals surface area (Å²) in [5.74, 6) is 1.64. The van der Waals surface area contributed by atoms with Crippen LogP contribution in [0.25, 0.3) is 0 Å². The summed E-state index contributed by atoms with van der Waals surface area (Å²) in [6, 6.07) is 23.8. The van der Waals surface area contributed by atoms with Crippen LogP contribution in [0.1, 0.15) is 75.0 Å². The third-order valence-corrected chi connectivity index (χ3v) is 12.4. The first kappa shape index (κ1) is 34.5. The van der Waals surface area contributed by atoms with Gasteiger partial charge in [-0.2, -0.15) is 0 Å². The van der Waals surface area contributed by atoms with Gasteiger partial charge in [0.2, 0.25) is 21.8 Å². The summed E-state index contributed by atoms with van der Waals surface area (Å²) in [5, 5.41) is 3.49. The standard InChI is InChI=1S/C39H48ClN3O4S/c1-3-4-18-41-38(45)36(22-28-10-6-5-7-11-28)42(26-32-12-8-9-13-35(32)40)37(44)27-43(48(2,46)47)34-16-14-33(15-17-34)39-23-29-19-30(24-39)21-31(20-29)25-39/h5-17,29-31,36H,3-4,18-27H2,1-2H3,(H,41,45)/t29?,30?,31?,36-,39?/m0/s1. The first-order valence-electron chi connectivity index (χ1n) is 17.5. The van der Waals surface area contributed by atoms with Crippen LogP contribution in [-0.4, -0.2) is 50.5 Å². The van der Waals surface area contributed by atoms with Crippen molar-refractivity contribution in [2.45, 2.75) is 82.7 Å². The van der Waals surface area contributed by atoms with E-state index in [1.807, 2.05) is 60.7 Å². The van der Waals surface area contributed by atoms with Crippen LogP contribution < -0.4 is 9.62 Å². The maximum atomic E-state index is 14.4. The molecule has 3 aromatic rings. The summed E-state index contributed by atoms with van der Waals surface area (Å²) in [6.45, 7) is 2.16. The number of rotatable bonds is 14. The van der Waals surface area contributed by atoms with Crippen LogP contribution in [0.2, 0.25) is 5.02 Å². The van der Waals surface area contributed by atoms with E-state index in [1.54, 1.807) is 6.07 Å². The minimum absolute atomic E-state index is 0.0553. The molecule has 4 aliphatic carbocycles. The predicted molar refractivity (Wildman–Crippen MR) is 192 cm³/mol. The summed E-state index contributed by atoms with van der Waals surface area (Å²) in [5.41, 5.74) is 3.49. The van der Waals surface area contributed by atoms with Gasteiger partial charge in [0.25, 0.3) is 0 Å². The van der Waals surface area contributed by atoms with Gasteiger partial charge < -0.3 is 10.2 Å². The second-order valence-electron chi connectivity index (χ2n) is 14.5. The van der Waals surface area contributed by atoms with E-state index in [1.165, 1.54) is 53.3 Å². The number of carbonyl (C=O) groups excluding carboxylic acids is 2. The Labute approximate surface area is 291 Å². The Morgan fingerprint density at radius 1 is 0.896 bits per heavy atom. The van der Waals surface area contributed by atoms with Gasteiger partial charge in [0.15, 0.2) is 0 Å². The third kappa shape index (κ3) is 7.76. The van der Waals surface area contributed by atoms with Crippen LogP contribution in [0.5, 0.6) is 0 Å². The van der Waals surface area contributed by atoms with Crippen molar-refractivity contribution in [3.05, 3.63) is 101 Å². The molecule has 0 aromatic heterocycles. The first-order chi connectivity index (χ1) is 23.0. The second-order valence-corrected chi connectivity index (χ2v) is 16.8. The number of hydrogen-bond donors (Lipinski definition) is 1. The zero-order chi connectivity index (χ0) is 33.9. The molecule has 0 heterocycles. The Hall–Kier alpha value is -3.36. The van der Waals surface area contributed by atoms with Gasteiger partial charge >= 0.3 is 0 Å².